The number of ketones is 1. The fourth-order valence-electron chi connectivity index (χ4n) is 6.86. The van der Waals surface area contributed by atoms with Crippen molar-refractivity contribution in [3.05, 3.63) is 154 Å². The molecule has 0 aliphatic carbocycles. The molecule has 0 atom stereocenters. The molecule has 4 amide bonds. The second-order valence-corrected chi connectivity index (χ2v) is 16.2. The van der Waals surface area contributed by atoms with Crippen LogP contribution >= 0.6 is 0 Å². The Kier molecular flexibility index (Phi) is 22.9. The Morgan fingerprint density at radius 1 is 0.471 bits per heavy atom. The van der Waals surface area contributed by atoms with Crippen LogP contribution in [0.25, 0.3) is 0 Å². The Labute approximate surface area is 397 Å². The molecule has 0 unspecified atom stereocenters. The predicted octanol–water partition coefficient (Wildman–Crippen LogP) is 4.46. The summed E-state index contributed by atoms with van der Waals surface area (Å²) in [5.41, 5.74) is 22.1. The molecule has 4 aromatic carbocycles. The van der Waals surface area contributed by atoms with Crippen LogP contribution in [-0.4, -0.2) is 76.0 Å². The van der Waals surface area contributed by atoms with Crippen LogP contribution in [0.5, 0.6) is 0 Å². The van der Waals surface area contributed by atoms with Crippen LogP contribution in [-0.2, 0) is 22.7 Å². The van der Waals surface area contributed by atoms with Crippen molar-refractivity contribution in [2.75, 3.05) is 36.8 Å². The zero-order valence-electron chi connectivity index (χ0n) is 38.3. The lowest BCUT2D eigenvalue weighted by atomic mass is 10.0. The molecule has 364 valence electrons. The molecule has 0 saturated carbocycles. The van der Waals surface area contributed by atoms with Crippen molar-refractivity contribution in [3.63, 3.8) is 0 Å². The largest absolute Gasteiger partial charge is 0.399 e. The minimum absolute atomic E-state index is 0.128. The highest BCUT2D eigenvalue weighted by Crippen LogP contribution is 2.16. The molecule has 0 aliphatic heterocycles. The van der Waals surface area contributed by atoms with E-state index >= 15 is 0 Å². The number of unbranched alkanes of at least 4 members (excludes halogenated alkanes) is 6. The number of carbonyl (C=O) groups is 5. The zero-order valence-corrected chi connectivity index (χ0v) is 38.3. The molecular weight excluding hydrogens is 869 g/mol. The number of carbonyl (C=O) groups excluding carboxylic acids is 5. The summed E-state index contributed by atoms with van der Waals surface area (Å²) in [6, 6.07) is 28.5. The number of rotatable bonds is 30. The summed E-state index contributed by atoms with van der Waals surface area (Å²) in [5, 5.41) is 32.2. The third kappa shape index (κ3) is 20.0. The van der Waals surface area contributed by atoms with Gasteiger partial charge in [0.2, 0.25) is 11.8 Å². The number of anilines is 2. The van der Waals surface area contributed by atoms with Crippen molar-refractivity contribution >= 4 is 40.8 Å². The Hall–Kier alpha value is -7.45. The number of hydrazine groups is 2. The fourth-order valence-corrected chi connectivity index (χ4v) is 6.86. The average molecular weight is 935 g/mol. The molecule has 4 rings (SSSR count). The lowest BCUT2D eigenvalue weighted by Gasteiger charge is -2.16. The second kappa shape index (κ2) is 29.2. The molecule has 0 heterocycles. The van der Waals surface area contributed by atoms with E-state index < -0.39 is 11.8 Å². The highest BCUT2D eigenvalue weighted by molar-refractivity contribution is 6.09. The molecule has 16 N–H and O–H groups in total. The second-order valence-electron chi connectivity index (χ2n) is 16.2. The molecule has 0 spiro atoms. The Morgan fingerprint density at radius 3 is 1.16 bits per heavy atom. The van der Waals surface area contributed by atoms with E-state index in [1.54, 1.807) is 96.2 Å². The smallest absolute Gasteiger partial charge is 0.251 e. The van der Waals surface area contributed by atoms with Gasteiger partial charge in [0, 0.05) is 83.4 Å². The Balaban J connectivity index is 1.12. The van der Waals surface area contributed by atoms with Gasteiger partial charge >= 0.3 is 0 Å². The summed E-state index contributed by atoms with van der Waals surface area (Å²) in [7, 11) is 0. The normalized spacial score (nSPS) is 11.3. The first-order valence-corrected chi connectivity index (χ1v) is 22.6. The van der Waals surface area contributed by atoms with Gasteiger partial charge in [-0.15, -0.1) is 0 Å². The van der Waals surface area contributed by atoms with Crippen molar-refractivity contribution < 1.29 is 34.4 Å². The highest BCUT2D eigenvalue weighted by Gasteiger charge is 2.12. The van der Waals surface area contributed by atoms with Gasteiger partial charge in [0.25, 0.3) is 11.8 Å². The lowest BCUT2D eigenvalue weighted by Crippen LogP contribution is -2.27. The van der Waals surface area contributed by atoms with Crippen LogP contribution in [0.2, 0.25) is 0 Å². The molecule has 0 bridgehead atoms. The number of amides is 4. The van der Waals surface area contributed by atoms with E-state index in [1.807, 2.05) is 24.3 Å². The standard InChI is InChI=1S/C49H66N12O7/c50-41(29-56-43-23-19-39(20-24-43)48(65)54-27-7-3-1-5-9-45(62)58-67)33-60(52)31-35-11-15-37(16-12-35)47(64)38-17-13-36(14-18-38)32-61(53)34-42(51)30-57-44-25-21-40(22-26-44)49(66)55-28-8-4-2-6-10-46(63)59-68/h11-26,33-34,56-57,67-68H,1-10,27-32,50-53H2,(H,54,65)(H,55,66)(H,58,62)(H,59,63)/b41-33-,42-34-. The number of hydroxylamine groups is 2. The van der Waals surface area contributed by atoms with E-state index in [1.165, 1.54) is 10.0 Å². The van der Waals surface area contributed by atoms with E-state index in [-0.39, 0.29) is 30.4 Å². The van der Waals surface area contributed by atoms with Crippen molar-refractivity contribution in [2.45, 2.75) is 77.3 Å². The maximum atomic E-state index is 13.3. The monoisotopic (exact) mass is 935 g/mol. The van der Waals surface area contributed by atoms with Gasteiger partial charge in [-0.1, -0.05) is 74.2 Å². The minimum atomic E-state index is -0.395. The van der Waals surface area contributed by atoms with Crippen molar-refractivity contribution in [3.8, 4) is 0 Å². The third-order valence-corrected chi connectivity index (χ3v) is 10.6. The first-order valence-electron chi connectivity index (χ1n) is 22.6. The first kappa shape index (κ1) is 53.2. The van der Waals surface area contributed by atoms with Crippen LogP contribution in [0.4, 0.5) is 11.4 Å². The molecule has 19 nitrogen and oxygen atoms in total. The zero-order chi connectivity index (χ0) is 49.1. The van der Waals surface area contributed by atoms with Gasteiger partial charge in [0.15, 0.2) is 5.78 Å². The molecule has 4 aromatic rings. The Morgan fingerprint density at radius 2 is 0.809 bits per heavy atom. The maximum Gasteiger partial charge on any atom is 0.251 e. The SMILES string of the molecule is N/C(=C\N(N)Cc1ccc(C(=O)c2ccc(CN(N)/C=C(\N)CNc3ccc(C(=O)NCCCCCCC(=O)NO)cc3)cc2)cc1)CNc1ccc(C(=O)NCCCCCCC(=O)NO)cc1. The molecule has 0 radical (unpaired) electrons. The number of nitrogens with two attached hydrogens (primary N) is 4. The molecule has 19 heteroatoms. The molecule has 68 heavy (non-hydrogen) atoms. The van der Waals surface area contributed by atoms with Crippen LogP contribution in [0, 0.1) is 0 Å². The topological polar surface area (TPSA) is 309 Å². The van der Waals surface area contributed by atoms with Gasteiger partial charge in [-0.25, -0.2) is 22.6 Å². The van der Waals surface area contributed by atoms with Crippen molar-refractivity contribution in [1.82, 2.24) is 31.6 Å². The van der Waals surface area contributed by atoms with E-state index in [9.17, 15) is 24.0 Å². The van der Waals surface area contributed by atoms with Crippen LogP contribution in [0.15, 0.2) is 121 Å². The number of nitrogens with one attached hydrogen (secondary N) is 6. The van der Waals surface area contributed by atoms with Crippen LogP contribution in [0.3, 0.4) is 0 Å². The number of benzene rings is 4. The quantitative estimate of drug-likeness (QED) is 0.0113. The van der Waals surface area contributed by atoms with E-state index in [0.29, 0.717) is 85.8 Å². The summed E-state index contributed by atoms with van der Waals surface area (Å²) >= 11 is 0. The highest BCUT2D eigenvalue weighted by atomic mass is 16.5. The summed E-state index contributed by atoms with van der Waals surface area (Å²) in [6.45, 7) is 2.41. The predicted molar refractivity (Wildman–Crippen MR) is 261 cm³/mol. The maximum absolute atomic E-state index is 13.3. The first-order chi connectivity index (χ1) is 32.8. The number of hydrogen-bond donors (Lipinski definition) is 12. The van der Waals surface area contributed by atoms with Gasteiger partial charge in [0.05, 0.1) is 26.2 Å². The fraction of sp³-hybridized carbons (Fsp3) is 0.327. The van der Waals surface area contributed by atoms with Gasteiger partial charge in [-0.2, -0.15) is 0 Å². The molecule has 0 aliphatic rings. The molecular formula is C49H66N12O7. The number of nitrogens with zero attached hydrogens (tertiary/aromatic N) is 2. The third-order valence-electron chi connectivity index (χ3n) is 10.6. The minimum Gasteiger partial charge on any atom is -0.399 e. The summed E-state index contributed by atoms with van der Waals surface area (Å²) < 4.78 is 0. The molecule has 0 fully saturated rings. The van der Waals surface area contributed by atoms with Gasteiger partial charge in [0.1, 0.15) is 0 Å². The van der Waals surface area contributed by atoms with Crippen LogP contribution in [0.1, 0.15) is 112 Å². The van der Waals surface area contributed by atoms with Gasteiger partial charge in [-0.3, -0.25) is 34.4 Å². The van der Waals surface area contributed by atoms with Crippen molar-refractivity contribution in [1.29, 1.82) is 0 Å². The summed E-state index contributed by atoms with van der Waals surface area (Å²) in [6.07, 6.45) is 10.2. The lowest BCUT2D eigenvalue weighted by molar-refractivity contribution is -0.130. The summed E-state index contributed by atoms with van der Waals surface area (Å²) in [5.74, 6) is 11.2. The van der Waals surface area contributed by atoms with Crippen molar-refractivity contribution in [2.24, 2.45) is 23.2 Å². The van der Waals surface area contributed by atoms with Crippen LogP contribution < -0.4 is 55.4 Å². The Bertz CT molecular complexity index is 2110. The van der Waals surface area contributed by atoms with E-state index in [4.69, 9.17) is 33.6 Å². The van der Waals surface area contributed by atoms with E-state index in [0.717, 1.165) is 61.0 Å². The van der Waals surface area contributed by atoms with Gasteiger partial charge < -0.3 is 42.8 Å². The average Bonchev–Trinajstić information content (AvgIpc) is 3.34. The van der Waals surface area contributed by atoms with Gasteiger partial charge in [-0.05, 0) is 85.3 Å². The summed E-state index contributed by atoms with van der Waals surface area (Å²) in [4.78, 5) is 60.4. The molecule has 0 saturated heterocycles. The number of hydrogen-bond acceptors (Lipinski definition) is 15. The molecule has 0 aromatic heterocycles. The van der Waals surface area contributed by atoms with E-state index in [2.05, 4.69) is 21.3 Å².